The number of ether oxygens (including phenoxy) is 2. The molecular weight excluding hydrogens is 320 g/mol. The van der Waals surface area contributed by atoms with E-state index in [1.54, 1.807) is 25.4 Å². The summed E-state index contributed by atoms with van der Waals surface area (Å²) >= 11 is 0. The normalized spacial score (nSPS) is 16.4. The van der Waals surface area contributed by atoms with E-state index in [9.17, 15) is 4.79 Å². The molecule has 0 aromatic carbocycles. The molecule has 1 N–H and O–H groups in total. The highest BCUT2D eigenvalue weighted by Crippen LogP contribution is 2.29. The molecule has 2 aromatic rings. The minimum atomic E-state index is -0.157. The van der Waals surface area contributed by atoms with Crippen molar-refractivity contribution in [2.45, 2.75) is 25.8 Å². The highest BCUT2D eigenvalue weighted by atomic mass is 16.5. The van der Waals surface area contributed by atoms with E-state index < -0.39 is 0 Å². The number of amides is 1. The smallest absolute Gasteiger partial charge is 0.252 e. The van der Waals surface area contributed by atoms with Gasteiger partial charge in [-0.25, -0.2) is 9.97 Å². The second kappa shape index (κ2) is 7.65. The zero-order valence-electron chi connectivity index (χ0n) is 14.9. The van der Waals surface area contributed by atoms with E-state index >= 15 is 0 Å². The molecule has 1 amide bonds. The van der Waals surface area contributed by atoms with Crippen molar-refractivity contribution in [2.24, 2.45) is 13.0 Å². The molecule has 1 fully saturated rings. The molecule has 3 rings (SSSR count). The summed E-state index contributed by atoms with van der Waals surface area (Å²) in [5, 5.41) is 3.16. The van der Waals surface area contributed by atoms with E-state index in [-0.39, 0.29) is 11.9 Å². The van der Waals surface area contributed by atoms with Crippen LogP contribution in [0, 0.1) is 12.8 Å². The van der Waals surface area contributed by atoms with Crippen LogP contribution in [0.1, 0.15) is 40.8 Å². The number of aromatic nitrogens is 3. The van der Waals surface area contributed by atoms with Gasteiger partial charge >= 0.3 is 0 Å². The number of nitrogens with zero attached hydrogens (tertiary/aromatic N) is 3. The molecule has 2 aromatic heterocycles. The molecule has 1 saturated heterocycles. The van der Waals surface area contributed by atoms with Crippen molar-refractivity contribution >= 4 is 5.91 Å². The average molecular weight is 344 g/mol. The Morgan fingerprint density at radius 3 is 2.80 bits per heavy atom. The first kappa shape index (κ1) is 17.4. The van der Waals surface area contributed by atoms with Crippen molar-refractivity contribution in [3.8, 4) is 5.88 Å². The lowest BCUT2D eigenvalue weighted by Gasteiger charge is -2.30. The second-order valence-electron chi connectivity index (χ2n) is 6.34. The van der Waals surface area contributed by atoms with Gasteiger partial charge in [-0.3, -0.25) is 4.79 Å². The molecular formula is C18H24N4O3. The zero-order valence-corrected chi connectivity index (χ0v) is 14.9. The van der Waals surface area contributed by atoms with Gasteiger partial charge in [-0.1, -0.05) is 0 Å². The third kappa shape index (κ3) is 3.99. The maximum absolute atomic E-state index is 12.9. The van der Waals surface area contributed by atoms with E-state index in [4.69, 9.17) is 9.47 Å². The van der Waals surface area contributed by atoms with Crippen LogP contribution >= 0.6 is 0 Å². The molecule has 7 heteroatoms. The first-order valence-electron chi connectivity index (χ1n) is 8.47. The Morgan fingerprint density at radius 1 is 1.40 bits per heavy atom. The predicted molar refractivity (Wildman–Crippen MR) is 92.5 cm³/mol. The van der Waals surface area contributed by atoms with Crippen LogP contribution in [0.15, 0.2) is 24.5 Å². The number of aryl methyl sites for hydroxylation is 2. The van der Waals surface area contributed by atoms with Gasteiger partial charge in [0.2, 0.25) is 5.88 Å². The van der Waals surface area contributed by atoms with E-state index in [1.165, 1.54) is 0 Å². The SMILES string of the molecule is COc1cc(C(=O)NC(c2nccn2C)C2CCOCC2)cc(C)n1. The van der Waals surface area contributed by atoms with Gasteiger partial charge in [-0.05, 0) is 31.7 Å². The summed E-state index contributed by atoms with van der Waals surface area (Å²) in [5.41, 5.74) is 1.28. The van der Waals surface area contributed by atoms with Crippen LogP contribution in [0.4, 0.5) is 0 Å². The second-order valence-corrected chi connectivity index (χ2v) is 6.34. The zero-order chi connectivity index (χ0) is 17.8. The predicted octanol–water partition coefficient (Wildman–Crippen LogP) is 2.03. The number of methoxy groups -OCH3 is 1. The third-order valence-corrected chi connectivity index (χ3v) is 4.56. The van der Waals surface area contributed by atoms with Crippen molar-refractivity contribution < 1.29 is 14.3 Å². The van der Waals surface area contributed by atoms with E-state index in [1.807, 2.05) is 24.7 Å². The highest BCUT2D eigenvalue weighted by Gasteiger charge is 2.30. The third-order valence-electron chi connectivity index (χ3n) is 4.56. The first-order valence-corrected chi connectivity index (χ1v) is 8.47. The number of carbonyl (C=O) groups is 1. The summed E-state index contributed by atoms with van der Waals surface area (Å²) in [6.07, 6.45) is 5.45. The van der Waals surface area contributed by atoms with Crippen LogP contribution in [-0.4, -0.2) is 40.8 Å². The first-order chi connectivity index (χ1) is 12.1. The topological polar surface area (TPSA) is 78.3 Å². The number of rotatable bonds is 5. The summed E-state index contributed by atoms with van der Waals surface area (Å²) in [6, 6.07) is 3.26. The van der Waals surface area contributed by atoms with Gasteiger partial charge in [-0.15, -0.1) is 0 Å². The van der Waals surface area contributed by atoms with E-state index in [0.29, 0.717) is 30.6 Å². The summed E-state index contributed by atoms with van der Waals surface area (Å²) in [6.45, 7) is 3.27. The maximum atomic E-state index is 12.9. The molecule has 25 heavy (non-hydrogen) atoms. The number of hydrogen-bond acceptors (Lipinski definition) is 5. The molecule has 0 radical (unpaired) electrons. The van der Waals surface area contributed by atoms with Gasteiger partial charge in [0.25, 0.3) is 5.91 Å². The van der Waals surface area contributed by atoms with Gasteiger partial charge in [0.05, 0.1) is 13.2 Å². The number of nitrogens with one attached hydrogen (secondary N) is 1. The number of pyridine rings is 1. The van der Waals surface area contributed by atoms with Crippen LogP contribution in [0.3, 0.4) is 0 Å². The molecule has 0 saturated carbocycles. The monoisotopic (exact) mass is 344 g/mol. The van der Waals surface area contributed by atoms with Crippen molar-refractivity contribution in [3.63, 3.8) is 0 Å². The number of hydrogen-bond donors (Lipinski definition) is 1. The molecule has 1 atom stereocenters. The van der Waals surface area contributed by atoms with Crippen molar-refractivity contribution in [2.75, 3.05) is 20.3 Å². The van der Waals surface area contributed by atoms with Crippen molar-refractivity contribution in [1.29, 1.82) is 0 Å². The molecule has 1 aliphatic rings. The Hall–Kier alpha value is -2.41. The molecule has 0 spiro atoms. The Morgan fingerprint density at radius 2 is 2.16 bits per heavy atom. The van der Waals surface area contributed by atoms with E-state index in [2.05, 4.69) is 15.3 Å². The maximum Gasteiger partial charge on any atom is 0.252 e. The Balaban J connectivity index is 1.85. The summed E-state index contributed by atoms with van der Waals surface area (Å²) in [7, 11) is 3.49. The number of imidazole rings is 1. The van der Waals surface area contributed by atoms with Crippen LogP contribution in [0.2, 0.25) is 0 Å². The molecule has 7 nitrogen and oxygen atoms in total. The fraction of sp³-hybridized carbons (Fsp3) is 0.500. The fourth-order valence-electron chi connectivity index (χ4n) is 3.22. The van der Waals surface area contributed by atoms with Crippen molar-refractivity contribution in [1.82, 2.24) is 19.9 Å². The average Bonchev–Trinajstić information content (AvgIpc) is 3.05. The molecule has 1 unspecified atom stereocenters. The van der Waals surface area contributed by atoms with Gasteiger partial charge in [0, 0.05) is 50.0 Å². The van der Waals surface area contributed by atoms with Crippen LogP contribution < -0.4 is 10.1 Å². The fourth-order valence-corrected chi connectivity index (χ4v) is 3.22. The lowest BCUT2D eigenvalue weighted by molar-refractivity contribution is 0.0499. The Labute approximate surface area is 147 Å². The molecule has 0 aliphatic carbocycles. The quantitative estimate of drug-likeness (QED) is 0.898. The van der Waals surface area contributed by atoms with Crippen molar-refractivity contribution in [3.05, 3.63) is 41.6 Å². The van der Waals surface area contributed by atoms with Gasteiger partial charge in [-0.2, -0.15) is 0 Å². The van der Waals surface area contributed by atoms with Gasteiger partial charge in [0.15, 0.2) is 0 Å². The molecule has 1 aliphatic heterocycles. The summed E-state index contributed by atoms with van der Waals surface area (Å²) in [4.78, 5) is 21.6. The molecule has 134 valence electrons. The molecule has 3 heterocycles. The van der Waals surface area contributed by atoms with Crippen LogP contribution in [0.25, 0.3) is 0 Å². The highest BCUT2D eigenvalue weighted by molar-refractivity contribution is 5.94. The summed E-state index contributed by atoms with van der Waals surface area (Å²) < 4.78 is 12.6. The summed E-state index contributed by atoms with van der Waals surface area (Å²) in [5.74, 6) is 1.44. The minimum Gasteiger partial charge on any atom is -0.481 e. The Bertz CT molecular complexity index is 738. The Kier molecular flexibility index (Phi) is 5.33. The van der Waals surface area contributed by atoms with Crippen LogP contribution in [0.5, 0.6) is 5.88 Å². The van der Waals surface area contributed by atoms with Crippen LogP contribution in [-0.2, 0) is 11.8 Å². The molecule has 0 bridgehead atoms. The minimum absolute atomic E-state index is 0.150. The number of carbonyl (C=O) groups excluding carboxylic acids is 1. The standard InChI is InChI=1S/C18H24N4O3/c1-12-10-14(11-15(20-12)24-3)18(23)21-16(13-4-8-25-9-5-13)17-19-6-7-22(17)2/h6-7,10-11,13,16H,4-5,8-9H2,1-3H3,(H,21,23). The lowest BCUT2D eigenvalue weighted by Crippen LogP contribution is -2.37. The van der Waals surface area contributed by atoms with E-state index in [0.717, 1.165) is 24.4 Å². The van der Waals surface area contributed by atoms with Gasteiger partial charge in [0.1, 0.15) is 5.82 Å². The lowest BCUT2D eigenvalue weighted by atomic mass is 9.90. The van der Waals surface area contributed by atoms with Gasteiger partial charge < -0.3 is 19.4 Å². The largest absolute Gasteiger partial charge is 0.481 e.